The number of hydrogen-bond acceptors (Lipinski definition) is 2. The highest BCUT2D eigenvalue weighted by molar-refractivity contribution is 7.78. The van der Waals surface area contributed by atoms with Crippen LogP contribution in [0.1, 0.15) is 6.92 Å². The van der Waals surface area contributed by atoms with Crippen LogP contribution in [0.3, 0.4) is 0 Å². The molecule has 5 heteroatoms. The standard InChI is InChI=1S/C6H13N3OS/c1-4-9(11)6(10)7-5-8(2)3/h5,11H,4H2,1-3H3. The molecule has 0 saturated heterocycles. The first kappa shape index (κ1) is 10.3. The molecule has 0 aromatic carbocycles. The Hall–Kier alpha value is -0.710. The van der Waals surface area contributed by atoms with Gasteiger partial charge in [-0.05, 0) is 6.92 Å². The maximum atomic E-state index is 10.9. The van der Waals surface area contributed by atoms with Crippen molar-refractivity contribution in [3.05, 3.63) is 0 Å². The fourth-order valence-electron chi connectivity index (χ4n) is 0.367. The van der Waals surface area contributed by atoms with Crippen molar-refractivity contribution in [1.82, 2.24) is 9.21 Å². The van der Waals surface area contributed by atoms with Gasteiger partial charge >= 0.3 is 6.03 Å². The Morgan fingerprint density at radius 3 is 2.55 bits per heavy atom. The van der Waals surface area contributed by atoms with Crippen LogP contribution in [-0.2, 0) is 0 Å². The summed E-state index contributed by atoms with van der Waals surface area (Å²) in [6, 6.07) is -0.343. The molecule has 0 atom stereocenters. The largest absolute Gasteiger partial charge is 0.369 e. The topological polar surface area (TPSA) is 35.9 Å². The molecule has 11 heavy (non-hydrogen) atoms. The van der Waals surface area contributed by atoms with E-state index in [1.165, 1.54) is 10.6 Å². The maximum absolute atomic E-state index is 10.9. The molecule has 0 spiro atoms. The van der Waals surface area contributed by atoms with Gasteiger partial charge in [-0.3, -0.25) is 4.31 Å². The van der Waals surface area contributed by atoms with E-state index in [0.29, 0.717) is 6.54 Å². The lowest BCUT2D eigenvalue weighted by atomic mass is 10.7. The van der Waals surface area contributed by atoms with Gasteiger partial charge in [0.05, 0.1) is 6.34 Å². The van der Waals surface area contributed by atoms with Gasteiger partial charge in [0.15, 0.2) is 0 Å². The van der Waals surface area contributed by atoms with Crippen LogP contribution < -0.4 is 0 Å². The lowest BCUT2D eigenvalue weighted by Gasteiger charge is -2.08. The summed E-state index contributed by atoms with van der Waals surface area (Å²) in [5.41, 5.74) is 0. The maximum Gasteiger partial charge on any atom is 0.354 e. The van der Waals surface area contributed by atoms with Gasteiger partial charge in [0.2, 0.25) is 0 Å². The zero-order valence-corrected chi connectivity index (χ0v) is 7.88. The van der Waals surface area contributed by atoms with Gasteiger partial charge in [-0.25, -0.2) is 4.79 Å². The van der Waals surface area contributed by atoms with E-state index >= 15 is 0 Å². The zero-order valence-electron chi connectivity index (χ0n) is 6.98. The second kappa shape index (κ2) is 5.01. The van der Waals surface area contributed by atoms with E-state index in [2.05, 4.69) is 17.8 Å². The van der Waals surface area contributed by atoms with E-state index in [-0.39, 0.29) is 6.03 Å². The van der Waals surface area contributed by atoms with Crippen molar-refractivity contribution in [3.8, 4) is 0 Å². The Balaban J connectivity index is 3.86. The average molecular weight is 175 g/mol. The average Bonchev–Trinajstić information content (AvgIpc) is 1.98. The van der Waals surface area contributed by atoms with Crippen molar-refractivity contribution < 1.29 is 4.79 Å². The molecule has 0 aromatic heterocycles. The number of hydrogen-bond donors (Lipinski definition) is 1. The Morgan fingerprint density at radius 1 is 1.64 bits per heavy atom. The minimum atomic E-state index is -0.343. The van der Waals surface area contributed by atoms with E-state index < -0.39 is 0 Å². The van der Waals surface area contributed by atoms with Gasteiger partial charge in [0, 0.05) is 20.6 Å². The third-order valence-corrected chi connectivity index (χ3v) is 1.37. The predicted octanol–water partition coefficient (Wildman–Crippen LogP) is 0.863. The smallest absolute Gasteiger partial charge is 0.354 e. The molecule has 0 aliphatic rings. The van der Waals surface area contributed by atoms with Crippen LogP contribution in [0.4, 0.5) is 4.79 Å². The van der Waals surface area contributed by atoms with Crippen molar-refractivity contribution >= 4 is 25.2 Å². The van der Waals surface area contributed by atoms with E-state index in [4.69, 9.17) is 0 Å². The lowest BCUT2D eigenvalue weighted by Crippen LogP contribution is -2.19. The van der Waals surface area contributed by atoms with Crippen molar-refractivity contribution in [2.24, 2.45) is 4.99 Å². The summed E-state index contributed by atoms with van der Waals surface area (Å²) in [6.45, 7) is 2.38. The third kappa shape index (κ3) is 4.66. The number of amides is 2. The number of thiol groups is 1. The molecule has 0 radical (unpaired) electrons. The summed E-state index contributed by atoms with van der Waals surface area (Å²) in [6.07, 6.45) is 1.45. The van der Waals surface area contributed by atoms with Crippen LogP contribution in [0.15, 0.2) is 4.99 Å². The molecule has 0 rings (SSSR count). The minimum absolute atomic E-state index is 0.343. The van der Waals surface area contributed by atoms with E-state index in [1.54, 1.807) is 19.0 Å². The molecular formula is C6H13N3OS. The van der Waals surface area contributed by atoms with Gasteiger partial charge in [0.1, 0.15) is 0 Å². The van der Waals surface area contributed by atoms with Crippen LogP contribution >= 0.6 is 12.8 Å². The Labute approximate surface area is 72.4 Å². The van der Waals surface area contributed by atoms with E-state index in [0.717, 1.165) is 0 Å². The van der Waals surface area contributed by atoms with Crippen molar-refractivity contribution in [2.75, 3.05) is 20.6 Å². The summed E-state index contributed by atoms with van der Waals surface area (Å²) in [5, 5.41) is 0. The molecule has 0 fully saturated rings. The Morgan fingerprint density at radius 2 is 2.18 bits per heavy atom. The van der Waals surface area contributed by atoms with Crippen LogP contribution in [0.5, 0.6) is 0 Å². The molecule has 0 heterocycles. The van der Waals surface area contributed by atoms with Crippen LogP contribution in [0.2, 0.25) is 0 Å². The SMILES string of the molecule is CCN(S)C(=O)N=CN(C)C. The summed E-state index contributed by atoms with van der Waals surface area (Å²) in [4.78, 5) is 16.2. The Kier molecular flexibility index (Phi) is 4.69. The van der Waals surface area contributed by atoms with E-state index in [9.17, 15) is 4.79 Å². The summed E-state index contributed by atoms with van der Waals surface area (Å²) >= 11 is 3.88. The molecule has 0 aliphatic heterocycles. The van der Waals surface area contributed by atoms with Crippen LogP contribution in [0.25, 0.3) is 0 Å². The molecule has 0 aromatic rings. The van der Waals surface area contributed by atoms with Gasteiger partial charge in [0.25, 0.3) is 0 Å². The zero-order chi connectivity index (χ0) is 8.85. The van der Waals surface area contributed by atoms with Crippen LogP contribution in [-0.4, -0.2) is 42.2 Å². The normalized spacial score (nSPS) is 10.2. The quantitative estimate of drug-likeness (QED) is 0.384. The van der Waals surface area contributed by atoms with Crippen molar-refractivity contribution in [1.29, 1.82) is 0 Å². The van der Waals surface area contributed by atoms with Gasteiger partial charge in [-0.15, -0.1) is 0 Å². The Bertz CT molecular complexity index is 158. The summed E-state index contributed by atoms with van der Waals surface area (Å²) < 4.78 is 1.24. The molecule has 4 nitrogen and oxygen atoms in total. The van der Waals surface area contributed by atoms with Gasteiger partial charge in [-0.1, -0.05) is 12.8 Å². The molecule has 0 saturated carbocycles. The van der Waals surface area contributed by atoms with E-state index in [1.807, 2.05) is 6.92 Å². The highest BCUT2D eigenvalue weighted by Crippen LogP contribution is 1.95. The lowest BCUT2D eigenvalue weighted by molar-refractivity contribution is 0.236. The monoisotopic (exact) mass is 175 g/mol. The third-order valence-electron chi connectivity index (χ3n) is 0.919. The molecule has 0 aliphatic carbocycles. The highest BCUT2D eigenvalue weighted by atomic mass is 32.1. The fourth-order valence-corrected chi connectivity index (χ4v) is 0.418. The molecule has 0 N–H and O–H groups in total. The highest BCUT2D eigenvalue weighted by Gasteiger charge is 2.02. The number of carbonyl (C=O) groups excluding carboxylic acids is 1. The predicted molar refractivity (Wildman–Crippen MR) is 48.9 cm³/mol. The summed E-state index contributed by atoms with van der Waals surface area (Å²) in [7, 11) is 3.59. The summed E-state index contributed by atoms with van der Waals surface area (Å²) in [5.74, 6) is 0. The second-order valence-corrected chi connectivity index (χ2v) is 2.69. The molecule has 64 valence electrons. The molecule has 2 amide bonds. The molecule has 0 unspecified atom stereocenters. The van der Waals surface area contributed by atoms with Crippen LogP contribution in [0, 0.1) is 0 Å². The number of aliphatic imine (C=N–C) groups is 1. The molecular weight excluding hydrogens is 162 g/mol. The van der Waals surface area contributed by atoms with Gasteiger partial charge < -0.3 is 4.90 Å². The number of carbonyl (C=O) groups is 1. The van der Waals surface area contributed by atoms with Crippen molar-refractivity contribution in [3.63, 3.8) is 0 Å². The number of urea groups is 1. The number of nitrogens with zero attached hydrogens (tertiary/aromatic N) is 3. The second-order valence-electron chi connectivity index (χ2n) is 2.21. The first-order chi connectivity index (χ1) is 5.07. The first-order valence-electron chi connectivity index (χ1n) is 3.29. The molecule has 0 bridgehead atoms. The minimum Gasteiger partial charge on any atom is -0.369 e. The van der Waals surface area contributed by atoms with Gasteiger partial charge in [-0.2, -0.15) is 4.99 Å². The first-order valence-corrected chi connectivity index (χ1v) is 3.69. The fraction of sp³-hybridized carbons (Fsp3) is 0.667. The number of rotatable bonds is 2. The van der Waals surface area contributed by atoms with Crippen molar-refractivity contribution in [2.45, 2.75) is 6.92 Å².